The fraction of sp³-hybridized carbons (Fsp3) is 0.455. The highest BCUT2D eigenvalue weighted by molar-refractivity contribution is 6.64. The molecule has 1 radical (unpaired) electrons. The van der Waals surface area contributed by atoms with Crippen molar-refractivity contribution in [1.82, 2.24) is 9.79 Å². The maximum Gasteiger partial charge on any atom is 0.293 e. The summed E-state index contributed by atoms with van der Waals surface area (Å²) in [5.41, 5.74) is 0.0535. The lowest BCUT2D eigenvalue weighted by atomic mass is 9.82. The lowest BCUT2D eigenvalue weighted by Gasteiger charge is -2.37. The molecule has 0 spiro atoms. The number of hydrogen-bond donors (Lipinski definition) is 1. The fourth-order valence-corrected chi connectivity index (χ4v) is 2.14. The van der Waals surface area contributed by atoms with Gasteiger partial charge in [0.15, 0.2) is 0 Å². The lowest BCUT2D eigenvalue weighted by molar-refractivity contribution is -0.0624. The Bertz CT molecular complexity index is 472. The van der Waals surface area contributed by atoms with Crippen molar-refractivity contribution in [3.63, 3.8) is 0 Å². The molecule has 0 aromatic carbocycles. The smallest absolute Gasteiger partial charge is 0.293 e. The van der Waals surface area contributed by atoms with Crippen molar-refractivity contribution >= 4 is 13.6 Å². The SMILES string of the molecule is O=C[B]N1CCC(F)(F)C(c2ccc(=O)[nH]c2)C1. The number of nitrogens with zero attached hydrogens (tertiary/aromatic N) is 1. The molecule has 18 heavy (non-hydrogen) atoms. The molecule has 2 heterocycles. The largest absolute Gasteiger partial charge is 0.339 e. The van der Waals surface area contributed by atoms with Crippen LogP contribution in [0.1, 0.15) is 17.9 Å². The summed E-state index contributed by atoms with van der Waals surface area (Å²) in [4.78, 5) is 25.3. The Kier molecular flexibility index (Phi) is 3.61. The van der Waals surface area contributed by atoms with Crippen LogP contribution in [-0.2, 0) is 4.79 Å². The van der Waals surface area contributed by atoms with E-state index in [0.717, 1.165) is 0 Å². The predicted octanol–water partition coefficient (Wildman–Crippen LogP) is 0.609. The summed E-state index contributed by atoms with van der Waals surface area (Å²) in [5.74, 6) is -3.84. The molecule has 1 aliphatic heterocycles. The maximum atomic E-state index is 13.8. The van der Waals surface area contributed by atoms with E-state index in [1.165, 1.54) is 25.7 Å². The highest BCUT2D eigenvalue weighted by Gasteiger charge is 2.44. The Hall–Kier alpha value is -1.50. The minimum Gasteiger partial charge on any atom is -0.339 e. The van der Waals surface area contributed by atoms with Gasteiger partial charge in [0.1, 0.15) is 0 Å². The van der Waals surface area contributed by atoms with Gasteiger partial charge in [-0.2, -0.15) is 0 Å². The predicted molar refractivity (Wildman–Crippen MR) is 63.4 cm³/mol. The van der Waals surface area contributed by atoms with Crippen molar-refractivity contribution < 1.29 is 13.6 Å². The summed E-state index contributed by atoms with van der Waals surface area (Å²) in [6.45, 7) is 0.226. The Balaban J connectivity index is 2.23. The van der Waals surface area contributed by atoms with E-state index in [1.54, 1.807) is 4.81 Å². The Labute approximate surface area is 103 Å². The Morgan fingerprint density at radius 2 is 2.28 bits per heavy atom. The fourth-order valence-electron chi connectivity index (χ4n) is 2.14. The van der Waals surface area contributed by atoms with Gasteiger partial charge in [-0.05, 0) is 18.7 Å². The third-order valence-corrected chi connectivity index (χ3v) is 3.14. The van der Waals surface area contributed by atoms with Gasteiger partial charge in [-0.25, -0.2) is 8.78 Å². The van der Waals surface area contributed by atoms with Crippen molar-refractivity contribution in [2.45, 2.75) is 18.3 Å². The van der Waals surface area contributed by atoms with Crippen LogP contribution < -0.4 is 5.56 Å². The number of aromatic nitrogens is 1. The third-order valence-electron chi connectivity index (χ3n) is 3.14. The van der Waals surface area contributed by atoms with Crippen LogP contribution >= 0.6 is 0 Å². The molecule has 1 saturated heterocycles. The molecule has 7 heteroatoms. The molecule has 1 fully saturated rings. The van der Waals surface area contributed by atoms with E-state index < -0.39 is 11.8 Å². The molecule has 1 unspecified atom stereocenters. The highest BCUT2D eigenvalue weighted by Crippen LogP contribution is 2.39. The van der Waals surface area contributed by atoms with Crippen molar-refractivity contribution in [2.24, 2.45) is 0 Å². The second kappa shape index (κ2) is 5.01. The molecule has 4 nitrogen and oxygen atoms in total. The van der Waals surface area contributed by atoms with Crippen LogP contribution in [0.2, 0.25) is 0 Å². The zero-order valence-electron chi connectivity index (χ0n) is 9.61. The van der Waals surface area contributed by atoms with Crippen LogP contribution in [0.25, 0.3) is 0 Å². The second-order valence-electron chi connectivity index (χ2n) is 4.33. The molecule has 0 amide bonds. The molecule has 95 valence electrons. The van der Waals surface area contributed by atoms with Gasteiger partial charge in [-0.1, -0.05) is 6.07 Å². The van der Waals surface area contributed by atoms with Crippen LogP contribution in [0, 0.1) is 0 Å². The molecular formula is C11H12BF2N2O2. The Morgan fingerprint density at radius 1 is 1.50 bits per heavy atom. The van der Waals surface area contributed by atoms with E-state index in [2.05, 4.69) is 4.98 Å². The van der Waals surface area contributed by atoms with Gasteiger partial charge in [0, 0.05) is 18.7 Å². The van der Waals surface area contributed by atoms with E-state index in [1.807, 2.05) is 0 Å². The summed E-state index contributed by atoms with van der Waals surface area (Å²) in [6, 6.07) is 2.63. The van der Waals surface area contributed by atoms with E-state index in [0.29, 0.717) is 11.7 Å². The van der Waals surface area contributed by atoms with Gasteiger partial charge in [0.25, 0.3) is 13.3 Å². The number of hydrogen-bond acceptors (Lipinski definition) is 3. The van der Waals surface area contributed by atoms with Gasteiger partial charge in [0.2, 0.25) is 5.56 Å². The van der Waals surface area contributed by atoms with Crippen molar-refractivity contribution in [3.8, 4) is 0 Å². The van der Waals surface area contributed by atoms with E-state index in [9.17, 15) is 18.4 Å². The first-order valence-corrected chi connectivity index (χ1v) is 5.62. The first-order valence-electron chi connectivity index (χ1n) is 5.62. The number of piperidine rings is 1. The summed E-state index contributed by atoms with van der Waals surface area (Å²) in [5, 5.41) is 0. The van der Waals surface area contributed by atoms with Gasteiger partial charge in [0.05, 0.1) is 12.1 Å². The number of halogens is 2. The first-order chi connectivity index (χ1) is 8.53. The third kappa shape index (κ3) is 2.67. The summed E-state index contributed by atoms with van der Waals surface area (Å²) >= 11 is 0. The first kappa shape index (κ1) is 12.9. The van der Waals surface area contributed by atoms with Crippen molar-refractivity contribution in [1.29, 1.82) is 0 Å². The number of H-pyrrole nitrogens is 1. The number of carbonyl (C=O) groups excluding carboxylic acids is 1. The van der Waals surface area contributed by atoms with Crippen LogP contribution in [0.15, 0.2) is 23.1 Å². The molecule has 1 aromatic rings. The van der Waals surface area contributed by atoms with Crippen LogP contribution in [0.4, 0.5) is 8.78 Å². The number of alkyl halides is 2. The number of nitrogens with one attached hydrogen (secondary N) is 1. The topological polar surface area (TPSA) is 53.2 Å². The average Bonchev–Trinajstić information content (AvgIpc) is 2.33. The molecule has 0 bridgehead atoms. The molecule has 1 N–H and O–H groups in total. The van der Waals surface area contributed by atoms with Gasteiger partial charge >= 0.3 is 0 Å². The minimum atomic E-state index is -2.83. The molecular weight excluding hydrogens is 241 g/mol. The Morgan fingerprint density at radius 3 is 2.89 bits per heavy atom. The molecule has 2 rings (SSSR count). The quantitative estimate of drug-likeness (QED) is 0.634. The van der Waals surface area contributed by atoms with E-state index in [-0.39, 0.29) is 25.1 Å². The number of rotatable bonds is 3. The number of carbonyl (C=O) groups is 1. The standard InChI is InChI=1S/C11H12BF2N2O2/c13-11(14)3-4-16(12-7-17)6-9(11)8-1-2-10(18)15-5-8/h1-2,5,7,9H,3-4,6H2,(H,15,18). The van der Waals surface area contributed by atoms with Gasteiger partial charge in [-0.3, -0.25) is 4.79 Å². The van der Waals surface area contributed by atoms with Gasteiger partial charge in [-0.15, -0.1) is 0 Å². The zero-order valence-corrected chi connectivity index (χ0v) is 9.61. The normalized spacial score (nSPS) is 23.6. The number of aromatic amines is 1. The number of pyridine rings is 1. The molecule has 1 atom stereocenters. The zero-order chi connectivity index (χ0) is 13.2. The van der Waals surface area contributed by atoms with Crippen LogP contribution in [0.3, 0.4) is 0 Å². The minimum absolute atomic E-state index is 0.0672. The summed E-state index contributed by atoms with van der Waals surface area (Å²) in [7, 11) is 1.27. The van der Waals surface area contributed by atoms with Crippen molar-refractivity contribution in [2.75, 3.05) is 13.1 Å². The molecule has 1 aliphatic rings. The summed E-state index contributed by atoms with van der Waals surface area (Å²) < 4.78 is 27.7. The highest BCUT2D eigenvalue weighted by atomic mass is 19.3. The monoisotopic (exact) mass is 253 g/mol. The summed E-state index contributed by atoms with van der Waals surface area (Å²) in [6.07, 6.45) is 1.60. The van der Waals surface area contributed by atoms with E-state index >= 15 is 0 Å². The second-order valence-corrected chi connectivity index (χ2v) is 4.33. The molecule has 0 aliphatic carbocycles. The maximum absolute atomic E-state index is 13.8. The van der Waals surface area contributed by atoms with Gasteiger partial charge < -0.3 is 14.6 Å². The average molecular weight is 253 g/mol. The molecule has 1 aromatic heterocycles. The van der Waals surface area contributed by atoms with Crippen LogP contribution in [-0.4, -0.2) is 42.4 Å². The molecule has 0 saturated carbocycles. The van der Waals surface area contributed by atoms with Crippen molar-refractivity contribution in [3.05, 3.63) is 34.2 Å². The lowest BCUT2D eigenvalue weighted by Crippen LogP contribution is -2.47. The van der Waals surface area contributed by atoms with E-state index in [4.69, 9.17) is 0 Å². The van der Waals surface area contributed by atoms with Crippen LogP contribution in [0.5, 0.6) is 0 Å².